The molecule has 0 nitrogen and oxygen atoms in total. The molecule has 0 N–H and O–H groups in total. The Morgan fingerprint density at radius 2 is 0.900 bits per heavy atom. The van der Waals surface area contributed by atoms with Gasteiger partial charge >= 0.3 is 0 Å². The van der Waals surface area contributed by atoms with E-state index in [0.717, 1.165) is 12.8 Å². The summed E-state index contributed by atoms with van der Waals surface area (Å²) >= 11 is 0. The van der Waals surface area contributed by atoms with Gasteiger partial charge in [-0.15, -0.1) is 0 Å². The van der Waals surface area contributed by atoms with Gasteiger partial charge in [-0.3, -0.25) is 0 Å². The summed E-state index contributed by atoms with van der Waals surface area (Å²) in [6, 6.07) is 0. The maximum Gasteiger partial charge on any atom is -0.0313 e. The molecule has 0 radical (unpaired) electrons. The third kappa shape index (κ3) is 3.08. The van der Waals surface area contributed by atoms with Crippen molar-refractivity contribution in [1.82, 2.24) is 0 Å². The van der Waals surface area contributed by atoms with Gasteiger partial charge in [0.25, 0.3) is 0 Å². The second-order valence-corrected chi connectivity index (χ2v) is 2.20. The standard InChI is InChI=1S/C10H12/c1-2-4-6-8-10-9-7-5-3-1/h1-8H,9-10H2/b3-1?,4-2?,7-5-,8-6-. The van der Waals surface area contributed by atoms with Crippen molar-refractivity contribution >= 4 is 0 Å². The normalized spacial score (nSPS) is 24.0. The Morgan fingerprint density at radius 3 is 1.40 bits per heavy atom. The number of allylic oxidation sites excluding steroid dienone is 8. The van der Waals surface area contributed by atoms with Gasteiger partial charge < -0.3 is 0 Å². The van der Waals surface area contributed by atoms with Crippen LogP contribution in [0.4, 0.5) is 0 Å². The highest BCUT2D eigenvalue weighted by Crippen LogP contribution is 1.95. The molecule has 0 aromatic carbocycles. The summed E-state index contributed by atoms with van der Waals surface area (Å²) < 4.78 is 0. The zero-order valence-electron chi connectivity index (χ0n) is 6.03. The Bertz CT molecular complexity index is 158. The molecule has 0 aliphatic heterocycles. The van der Waals surface area contributed by atoms with Crippen LogP contribution in [0.5, 0.6) is 0 Å². The summed E-state index contributed by atoms with van der Waals surface area (Å²) in [6.45, 7) is 0. The van der Waals surface area contributed by atoms with Gasteiger partial charge in [0.2, 0.25) is 0 Å². The van der Waals surface area contributed by atoms with Gasteiger partial charge in [0.15, 0.2) is 0 Å². The quantitative estimate of drug-likeness (QED) is 0.475. The van der Waals surface area contributed by atoms with Crippen LogP contribution in [0.25, 0.3) is 0 Å². The van der Waals surface area contributed by atoms with E-state index in [2.05, 4.69) is 36.5 Å². The van der Waals surface area contributed by atoms with Crippen LogP contribution < -0.4 is 0 Å². The first-order chi connectivity index (χ1) is 5.00. The molecule has 0 aromatic rings. The summed E-state index contributed by atoms with van der Waals surface area (Å²) in [7, 11) is 0. The second-order valence-electron chi connectivity index (χ2n) is 2.20. The van der Waals surface area contributed by atoms with Gasteiger partial charge in [-0.25, -0.2) is 0 Å². The van der Waals surface area contributed by atoms with E-state index >= 15 is 0 Å². The SMILES string of the molecule is C1=C/C=C\CC/C=C\C=C1. The first-order valence-electron chi connectivity index (χ1n) is 3.65. The molecule has 0 heteroatoms. The van der Waals surface area contributed by atoms with Crippen molar-refractivity contribution < 1.29 is 0 Å². The van der Waals surface area contributed by atoms with E-state index in [4.69, 9.17) is 0 Å². The summed E-state index contributed by atoms with van der Waals surface area (Å²) in [6.07, 6.45) is 19.0. The van der Waals surface area contributed by atoms with Crippen LogP contribution in [0.3, 0.4) is 0 Å². The van der Waals surface area contributed by atoms with Crippen molar-refractivity contribution in [3.63, 3.8) is 0 Å². The van der Waals surface area contributed by atoms with E-state index < -0.39 is 0 Å². The highest BCUT2D eigenvalue weighted by atomic mass is 13.8. The molecule has 1 rings (SSSR count). The predicted octanol–water partition coefficient (Wildman–Crippen LogP) is 3.01. The van der Waals surface area contributed by atoms with Crippen LogP contribution in [0.1, 0.15) is 12.8 Å². The lowest BCUT2D eigenvalue weighted by Gasteiger charge is -1.85. The van der Waals surface area contributed by atoms with Gasteiger partial charge in [0.05, 0.1) is 0 Å². The van der Waals surface area contributed by atoms with Crippen LogP contribution in [0.15, 0.2) is 48.6 Å². The maximum atomic E-state index is 2.18. The molecule has 0 spiro atoms. The van der Waals surface area contributed by atoms with E-state index in [1.54, 1.807) is 0 Å². The number of hydrogen-bond acceptors (Lipinski definition) is 0. The smallest absolute Gasteiger partial charge is 0.0313 e. The lowest BCUT2D eigenvalue weighted by Crippen LogP contribution is -1.64. The molecule has 1 aliphatic rings. The molecular formula is C10H12. The van der Waals surface area contributed by atoms with Gasteiger partial charge in [-0.05, 0) is 12.8 Å². The lowest BCUT2D eigenvalue weighted by atomic mass is 10.2. The highest BCUT2D eigenvalue weighted by molar-refractivity contribution is 5.16. The first-order valence-corrected chi connectivity index (χ1v) is 3.65. The van der Waals surface area contributed by atoms with Crippen LogP contribution in [-0.4, -0.2) is 0 Å². The van der Waals surface area contributed by atoms with Crippen molar-refractivity contribution in [3.05, 3.63) is 48.6 Å². The zero-order valence-corrected chi connectivity index (χ0v) is 6.03. The average molecular weight is 132 g/mol. The molecular weight excluding hydrogens is 120 g/mol. The summed E-state index contributed by atoms with van der Waals surface area (Å²) in [4.78, 5) is 0. The minimum absolute atomic E-state index is 1.15. The van der Waals surface area contributed by atoms with Crippen LogP contribution in [0, 0.1) is 0 Å². The summed E-state index contributed by atoms with van der Waals surface area (Å²) in [5.74, 6) is 0. The minimum Gasteiger partial charge on any atom is -0.0842 e. The van der Waals surface area contributed by atoms with Crippen molar-refractivity contribution in [1.29, 1.82) is 0 Å². The number of rotatable bonds is 0. The summed E-state index contributed by atoms with van der Waals surface area (Å²) in [5.41, 5.74) is 0. The Hall–Kier alpha value is -1.04. The molecule has 0 bridgehead atoms. The fourth-order valence-electron chi connectivity index (χ4n) is 0.799. The predicted molar refractivity (Wildman–Crippen MR) is 45.8 cm³/mol. The zero-order chi connectivity index (χ0) is 7.07. The van der Waals surface area contributed by atoms with Gasteiger partial charge in [-0.1, -0.05) is 48.6 Å². The number of hydrogen-bond donors (Lipinski definition) is 0. The Kier molecular flexibility index (Phi) is 3.40. The van der Waals surface area contributed by atoms with Crippen LogP contribution >= 0.6 is 0 Å². The monoisotopic (exact) mass is 132 g/mol. The van der Waals surface area contributed by atoms with E-state index in [0.29, 0.717) is 0 Å². The minimum atomic E-state index is 1.15. The second kappa shape index (κ2) is 4.80. The van der Waals surface area contributed by atoms with Crippen LogP contribution in [-0.2, 0) is 0 Å². The molecule has 0 fully saturated rings. The Morgan fingerprint density at radius 1 is 0.500 bits per heavy atom. The molecule has 1 aliphatic carbocycles. The van der Waals surface area contributed by atoms with Crippen molar-refractivity contribution in [2.24, 2.45) is 0 Å². The van der Waals surface area contributed by atoms with Crippen molar-refractivity contribution in [3.8, 4) is 0 Å². The largest absolute Gasteiger partial charge is 0.0842 e. The summed E-state index contributed by atoms with van der Waals surface area (Å²) in [5, 5.41) is 0. The maximum absolute atomic E-state index is 2.18. The molecule has 0 atom stereocenters. The Balaban J connectivity index is 2.53. The third-order valence-corrected chi connectivity index (χ3v) is 1.33. The van der Waals surface area contributed by atoms with E-state index in [9.17, 15) is 0 Å². The molecule has 10 heavy (non-hydrogen) atoms. The highest BCUT2D eigenvalue weighted by Gasteiger charge is 1.74. The topological polar surface area (TPSA) is 0 Å². The van der Waals surface area contributed by atoms with Crippen LogP contribution in [0.2, 0.25) is 0 Å². The van der Waals surface area contributed by atoms with Crippen molar-refractivity contribution in [2.45, 2.75) is 12.8 Å². The molecule has 52 valence electrons. The fraction of sp³-hybridized carbons (Fsp3) is 0.200. The molecule has 0 amide bonds. The average Bonchev–Trinajstić information content (AvgIpc) is 2.01. The van der Waals surface area contributed by atoms with Gasteiger partial charge in [0.1, 0.15) is 0 Å². The first kappa shape index (κ1) is 7.07. The molecule has 0 heterocycles. The Labute approximate surface area is 62.3 Å². The molecule has 0 saturated carbocycles. The fourth-order valence-corrected chi connectivity index (χ4v) is 0.799. The van der Waals surface area contributed by atoms with E-state index in [1.165, 1.54) is 0 Å². The van der Waals surface area contributed by atoms with Gasteiger partial charge in [-0.2, -0.15) is 0 Å². The lowest BCUT2D eigenvalue weighted by molar-refractivity contribution is 1.05. The van der Waals surface area contributed by atoms with Gasteiger partial charge in [0, 0.05) is 0 Å². The molecule has 0 unspecified atom stereocenters. The van der Waals surface area contributed by atoms with E-state index in [-0.39, 0.29) is 0 Å². The van der Waals surface area contributed by atoms with Crippen molar-refractivity contribution in [2.75, 3.05) is 0 Å². The molecule has 0 saturated heterocycles. The molecule has 0 aromatic heterocycles. The third-order valence-electron chi connectivity index (χ3n) is 1.33. The van der Waals surface area contributed by atoms with E-state index in [1.807, 2.05) is 12.2 Å².